The van der Waals surface area contributed by atoms with E-state index < -0.39 is 11.6 Å². The molecule has 0 bridgehead atoms. The van der Waals surface area contributed by atoms with Crippen molar-refractivity contribution in [2.24, 2.45) is 0 Å². The Balaban J connectivity index is 1.90. The molecule has 0 saturated carbocycles. The van der Waals surface area contributed by atoms with Crippen molar-refractivity contribution in [2.75, 3.05) is 7.11 Å². The first-order valence-corrected chi connectivity index (χ1v) is 10.8. The van der Waals surface area contributed by atoms with Gasteiger partial charge in [0.15, 0.2) is 0 Å². The number of benzene rings is 4. The minimum Gasteiger partial charge on any atom is -0.468 e. The number of carbonyl (C=O) groups is 1. The lowest BCUT2D eigenvalue weighted by Gasteiger charge is -2.39. The van der Waals surface area contributed by atoms with E-state index in [0.29, 0.717) is 6.42 Å². The maximum Gasteiger partial charge on any atom is 0.323 e. The molecule has 4 rings (SSSR count). The van der Waals surface area contributed by atoms with E-state index in [9.17, 15) is 4.79 Å². The fourth-order valence-corrected chi connectivity index (χ4v) is 4.26. The number of methoxy groups -OCH3 is 1. The highest BCUT2D eigenvalue weighted by molar-refractivity contribution is 5.76. The predicted molar refractivity (Wildman–Crippen MR) is 128 cm³/mol. The second-order valence-corrected chi connectivity index (χ2v) is 7.76. The highest BCUT2D eigenvalue weighted by Crippen LogP contribution is 2.37. The maximum atomic E-state index is 13.0. The molecule has 0 spiro atoms. The summed E-state index contributed by atoms with van der Waals surface area (Å²) in [4.78, 5) is 13.0. The van der Waals surface area contributed by atoms with Crippen molar-refractivity contribution in [1.29, 1.82) is 0 Å². The van der Waals surface area contributed by atoms with Crippen LogP contribution in [0.3, 0.4) is 0 Å². The molecule has 0 aliphatic heterocycles. The second kappa shape index (κ2) is 10.1. The zero-order valence-electron chi connectivity index (χ0n) is 18.1. The number of nitrogens with one attached hydrogen (secondary N) is 1. The summed E-state index contributed by atoms with van der Waals surface area (Å²) in [6.45, 7) is 0. The van der Waals surface area contributed by atoms with Crippen molar-refractivity contribution in [3.63, 3.8) is 0 Å². The van der Waals surface area contributed by atoms with Crippen molar-refractivity contribution >= 4 is 5.97 Å². The van der Waals surface area contributed by atoms with E-state index in [2.05, 4.69) is 41.7 Å². The van der Waals surface area contributed by atoms with E-state index in [4.69, 9.17) is 4.74 Å². The molecule has 3 nitrogen and oxygen atoms in total. The molecule has 1 N–H and O–H groups in total. The first-order valence-electron chi connectivity index (χ1n) is 10.8. The van der Waals surface area contributed by atoms with Gasteiger partial charge in [-0.15, -0.1) is 0 Å². The quantitative estimate of drug-likeness (QED) is 0.308. The SMILES string of the molecule is COC(=O)[C@H](Cc1ccccc1)NC(c1ccccc1)(c1ccccc1)c1ccccc1. The summed E-state index contributed by atoms with van der Waals surface area (Å²) >= 11 is 0. The van der Waals surface area contributed by atoms with E-state index in [1.165, 1.54) is 7.11 Å². The first-order chi connectivity index (χ1) is 15.7. The van der Waals surface area contributed by atoms with Gasteiger partial charge in [-0.1, -0.05) is 121 Å². The highest BCUT2D eigenvalue weighted by atomic mass is 16.5. The van der Waals surface area contributed by atoms with E-state index >= 15 is 0 Å². The number of hydrogen-bond acceptors (Lipinski definition) is 3. The van der Waals surface area contributed by atoms with Crippen LogP contribution in [-0.4, -0.2) is 19.1 Å². The Bertz CT molecular complexity index is 1020. The first kappa shape index (κ1) is 21.5. The van der Waals surface area contributed by atoms with Gasteiger partial charge in [0.1, 0.15) is 6.04 Å². The number of ether oxygens (including phenoxy) is 1. The molecule has 32 heavy (non-hydrogen) atoms. The van der Waals surface area contributed by atoms with Crippen LogP contribution in [0.15, 0.2) is 121 Å². The molecule has 4 aromatic carbocycles. The Hall–Kier alpha value is -3.69. The Morgan fingerprint density at radius 1 is 0.688 bits per heavy atom. The smallest absolute Gasteiger partial charge is 0.323 e. The lowest BCUT2D eigenvalue weighted by atomic mass is 9.76. The monoisotopic (exact) mass is 421 g/mol. The van der Waals surface area contributed by atoms with Crippen LogP contribution in [0.2, 0.25) is 0 Å². The molecule has 0 amide bonds. The summed E-state index contributed by atoms with van der Waals surface area (Å²) in [5.74, 6) is -0.291. The third-order valence-corrected chi connectivity index (χ3v) is 5.78. The molecule has 160 valence electrons. The van der Waals surface area contributed by atoms with Crippen LogP contribution in [-0.2, 0) is 21.5 Å². The van der Waals surface area contributed by atoms with Crippen molar-refractivity contribution in [2.45, 2.75) is 18.0 Å². The van der Waals surface area contributed by atoms with Gasteiger partial charge in [0.25, 0.3) is 0 Å². The summed E-state index contributed by atoms with van der Waals surface area (Å²) < 4.78 is 5.24. The molecular formula is C29H27NO2. The van der Waals surface area contributed by atoms with Crippen LogP contribution < -0.4 is 5.32 Å². The third kappa shape index (κ3) is 4.48. The molecule has 0 aromatic heterocycles. The predicted octanol–water partition coefficient (Wildman–Crippen LogP) is 5.35. The summed E-state index contributed by atoms with van der Waals surface area (Å²) in [7, 11) is 1.44. The molecule has 0 aliphatic rings. The fraction of sp³-hybridized carbons (Fsp3) is 0.138. The van der Waals surface area contributed by atoms with Gasteiger partial charge in [0, 0.05) is 0 Å². The van der Waals surface area contributed by atoms with Crippen LogP contribution >= 0.6 is 0 Å². The summed E-state index contributed by atoms with van der Waals surface area (Å²) in [6, 6.07) is 40.3. The van der Waals surface area contributed by atoms with E-state index in [-0.39, 0.29) is 5.97 Å². The van der Waals surface area contributed by atoms with Crippen molar-refractivity contribution < 1.29 is 9.53 Å². The molecule has 3 heteroatoms. The number of hydrogen-bond donors (Lipinski definition) is 1. The fourth-order valence-electron chi connectivity index (χ4n) is 4.26. The second-order valence-electron chi connectivity index (χ2n) is 7.76. The average molecular weight is 422 g/mol. The Morgan fingerprint density at radius 3 is 1.44 bits per heavy atom. The average Bonchev–Trinajstić information content (AvgIpc) is 2.88. The van der Waals surface area contributed by atoms with E-state index in [1.54, 1.807) is 0 Å². The van der Waals surface area contributed by atoms with Crippen molar-refractivity contribution in [3.05, 3.63) is 144 Å². The molecule has 0 aliphatic carbocycles. The minimum atomic E-state index is -0.739. The highest BCUT2D eigenvalue weighted by Gasteiger charge is 2.40. The van der Waals surface area contributed by atoms with Crippen LogP contribution in [0, 0.1) is 0 Å². The molecule has 0 fully saturated rings. The number of rotatable bonds is 8. The van der Waals surface area contributed by atoms with Crippen LogP contribution in [0.25, 0.3) is 0 Å². The van der Waals surface area contributed by atoms with E-state index in [1.807, 2.05) is 84.9 Å². The van der Waals surface area contributed by atoms with Crippen LogP contribution in [0.1, 0.15) is 22.3 Å². The molecule has 0 radical (unpaired) electrons. The Kier molecular flexibility index (Phi) is 6.78. The van der Waals surface area contributed by atoms with Gasteiger partial charge < -0.3 is 4.74 Å². The van der Waals surface area contributed by atoms with Gasteiger partial charge in [-0.05, 0) is 28.7 Å². The molecule has 4 aromatic rings. The zero-order chi connectivity index (χ0) is 22.2. The third-order valence-electron chi connectivity index (χ3n) is 5.78. The maximum absolute atomic E-state index is 13.0. The normalized spacial score (nSPS) is 12.2. The van der Waals surface area contributed by atoms with Crippen molar-refractivity contribution in [1.82, 2.24) is 5.32 Å². The van der Waals surface area contributed by atoms with Crippen LogP contribution in [0.4, 0.5) is 0 Å². The molecule has 1 atom stereocenters. The lowest BCUT2D eigenvalue weighted by Crippen LogP contribution is -2.53. The van der Waals surface area contributed by atoms with Crippen molar-refractivity contribution in [3.8, 4) is 0 Å². The zero-order valence-corrected chi connectivity index (χ0v) is 18.1. The summed E-state index contributed by atoms with van der Waals surface area (Å²) in [6.07, 6.45) is 0.516. The molecule has 0 unspecified atom stereocenters. The van der Waals surface area contributed by atoms with Gasteiger partial charge in [-0.3, -0.25) is 10.1 Å². The largest absolute Gasteiger partial charge is 0.468 e. The molecule has 0 saturated heterocycles. The number of esters is 1. The topological polar surface area (TPSA) is 38.3 Å². The lowest BCUT2D eigenvalue weighted by molar-refractivity contribution is -0.143. The standard InChI is InChI=1S/C29H27NO2/c1-32-28(31)27(22-23-14-6-2-7-15-23)30-29(24-16-8-3-9-17-24,25-18-10-4-11-19-25)26-20-12-5-13-21-26/h2-21,27,30H,22H2,1H3/t27-/m0/s1. The number of carbonyl (C=O) groups excluding carboxylic acids is 1. The Morgan fingerprint density at radius 2 is 1.06 bits per heavy atom. The van der Waals surface area contributed by atoms with E-state index in [0.717, 1.165) is 22.3 Å². The van der Waals surface area contributed by atoms with Gasteiger partial charge in [-0.25, -0.2) is 0 Å². The van der Waals surface area contributed by atoms with Crippen LogP contribution in [0.5, 0.6) is 0 Å². The van der Waals surface area contributed by atoms with Gasteiger partial charge in [0.05, 0.1) is 12.6 Å². The molecule has 0 heterocycles. The van der Waals surface area contributed by atoms with Gasteiger partial charge in [-0.2, -0.15) is 0 Å². The minimum absolute atomic E-state index is 0.291. The molecular weight excluding hydrogens is 394 g/mol. The summed E-state index contributed by atoms with van der Waals surface area (Å²) in [5.41, 5.74) is 3.49. The van der Waals surface area contributed by atoms with Gasteiger partial charge in [0.2, 0.25) is 0 Å². The summed E-state index contributed by atoms with van der Waals surface area (Å²) in [5, 5.41) is 3.74. The Labute approximate surface area is 189 Å². The van der Waals surface area contributed by atoms with Gasteiger partial charge >= 0.3 is 5.97 Å².